The Kier molecular flexibility index (Phi) is 4.46. The molecule has 0 bridgehead atoms. The van der Waals surface area contributed by atoms with Crippen molar-refractivity contribution in [2.45, 2.75) is 25.8 Å². The zero-order valence-electron chi connectivity index (χ0n) is 11.3. The Morgan fingerprint density at radius 3 is 3.05 bits per heavy atom. The molecular formula is C12H16N4O4. The minimum Gasteiger partial charge on any atom is -0.480 e. The fourth-order valence-electron chi connectivity index (χ4n) is 1.89. The number of aliphatic carboxylic acids is 1. The average Bonchev–Trinajstić information content (AvgIpc) is 2.80. The number of methoxy groups -OCH3 is 1. The van der Waals surface area contributed by atoms with Crippen molar-refractivity contribution in [1.29, 1.82) is 0 Å². The lowest BCUT2D eigenvalue weighted by Crippen LogP contribution is -2.30. The van der Waals surface area contributed by atoms with E-state index in [4.69, 9.17) is 9.26 Å². The summed E-state index contributed by atoms with van der Waals surface area (Å²) in [5.41, 5.74) is 0.949. The zero-order chi connectivity index (χ0) is 14.5. The Labute approximate surface area is 115 Å². The molecule has 8 heteroatoms. The molecule has 0 amide bonds. The Morgan fingerprint density at radius 2 is 2.35 bits per heavy atom. The van der Waals surface area contributed by atoms with Crippen LogP contribution in [0.3, 0.4) is 0 Å². The predicted octanol–water partition coefficient (Wildman–Crippen LogP) is 1.22. The molecule has 2 N–H and O–H groups in total. The molecule has 0 radical (unpaired) electrons. The molecule has 2 heterocycles. The first kappa shape index (κ1) is 14.2. The van der Waals surface area contributed by atoms with Gasteiger partial charge in [-0.3, -0.25) is 0 Å². The molecule has 0 fully saturated rings. The van der Waals surface area contributed by atoms with E-state index in [2.05, 4.69) is 20.4 Å². The van der Waals surface area contributed by atoms with E-state index in [9.17, 15) is 9.90 Å². The van der Waals surface area contributed by atoms with Crippen LogP contribution in [0.4, 0.5) is 5.82 Å². The Morgan fingerprint density at radius 1 is 1.55 bits per heavy atom. The topological polar surface area (TPSA) is 110 Å². The number of nitrogens with zero attached hydrogens (tertiary/aromatic N) is 3. The fourth-order valence-corrected chi connectivity index (χ4v) is 1.89. The number of hydrogen-bond acceptors (Lipinski definition) is 7. The lowest BCUT2D eigenvalue weighted by atomic mass is 10.1. The van der Waals surface area contributed by atoms with Crippen LogP contribution in [0.1, 0.15) is 18.5 Å². The number of aryl methyl sites for hydroxylation is 1. The smallest absolute Gasteiger partial charge is 0.326 e. The summed E-state index contributed by atoms with van der Waals surface area (Å²) in [6, 6.07) is -0.752. The summed E-state index contributed by atoms with van der Waals surface area (Å²) >= 11 is 0. The van der Waals surface area contributed by atoms with Crippen LogP contribution in [0.2, 0.25) is 0 Å². The third-order valence-electron chi connectivity index (χ3n) is 2.89. The van der Waals surface area contributed by atoms with Gasteiger partial charge in [0.2, 0.25) is 0 Å². The summed E-state index contributed by atoms with van der Waals surface area (Å²) in [7, 11) is 1.58. The van der Waals surface area contributed by atoms with Crippen LogP contribution in [0.15, 0.2) is 10.9 Å². The lowest BCUT2D eigenvalue weighted by Gasteiger charge is -2.15. The molecule has 108 valence electrons. The SMILES string of the molecule is COCCCC(Nc1ncnc2onc(C)c12)C(=O)O. The summed E-state index contributed by atoms with van der Waals surface area (Å²) in [6.07, 6.45) is 2.37. The second-order valence-corrected chi connectivity index (χ2v) is 4.34. The largest absolute Gasteiger partial charge is 0.480 e. The molecule has 0 spiro atoms. The van der Waals surface area contributed by atoms with Crippen LogP contribution in [0, 0.1) is 6.92 Å². The minimum atomic E-state index is -0.943. The first-order chi connectivity index (χ1) is 9.63. The lowest BCUT2D eigenvalue weighted by molar-refractivity contribution is -0.138. The molecule has 20 heavy (non-hydrogen) atoms. The summed E-state index contributed by atoms with van der Waals surface area (Å²) in [5, 5.41) is 16.5. The van der Waals surface area contributed by atoms with Gasteiger partial charge in [0.15, 0.2) is 0 Å². The summed E-state index contributed by atoms with van der Waals surface area (Å²) in [4.78, 5) is 19.3. The Hall–Kier alpha value is -2.22. The van der Waals surface area contributed by atoms with Gasteiger partial charge < -0.3 is 19.7 Å². The maximum absolute atomic E-state index is 11.3. The minimum absolute atomic E-state index is 0.334. The van der Waals surface area contributed by atoms with Crippen LogP contribution < -0.4 is 5.32 Å². The molecule has 2 rings (SSSR count). The van der Waals surface area contributed by atoms with E-state index < -0.39 is 12.0 Å². The molecule has 1 atom stereocenters. The van der Waals surface area contributed by atoms with Crippen LogP contribution in [-0.4, -0.2) is 46.0 Å². The molecule has 0 saturated heterocycles. The second kappa shape index (κ2) is 6.29. The van der Waals surface area contributed by atoms with Gasteiger partial charge in [0.25, 0.3) is 5.71 Å². The van der Waals surface area contributed by atoms with Gasteiger partial charge in [0, 0.05) is 13.7 Å². The highest BCUT2D eigenvalue weighted by atomic mass is 16.5. The molecular weight excluding hydrogens is 264 g/mol. The standard InChI is InChI=1S/C12H16N4O4/c1-7-9-10(13-6-14-11(9)20-16-7)15-8(12(17)18)4-3-5-19-2/h6,8H,3-5H2,1-2H3,(H,17,18)(H,13,14,15). The number of hydrogen-bond donors (Lipinski definition) is 2. The fraction of sp³-hybridized carbons (Fsp3) is 0.500. The number of nitrogens with one attached hydrogen (secondary N) is 1. The van der Waals surface area contributed by atoms with Gasteiger partial charge in [0.1, 0.15) is 23.6 Å². The summed E-state index contributed by atoms with van der Waals surface area (Å²) in [6.45, 7) is 2.26. The monoisotopic (exact) mass is 280 g/mol. The molecule has 0 aliphatic carbocycles. The molecule has 0 aromatic carbocycles. The van der Waals surface area contributed by atoms with Crippen LogP contribution >= 0.6 is 0 Å². The van der Waals surface area contributed by atoms with Crippen molar-refractivity contribution in [2.24, 2.45) is 0 Å². The van der Waals surface area contributed by atoms with Crippen LogP contribution in [-0.2, 0) is 9.53 Å². The van der Waals surface area contributed by atoms with Crippen molar-refractivity contribution in [2.75, 3.05) is 19.0 Å². The van der Waals surface area contributed by atoms with E-state index in [-0.39, 0.29) is 0 Å². The van der Waals surface area contributed by atoms with Crippen LogP contribution in [0.5, 0.6) is 0 Å². The number of ether oxygens (including phenoxy) is 1. The first-order valence-corrected chi connectivity index (χ1v) is 6.18. The van der Waals surface area contributed by atoms with Gasteiger partial charge >= 0.3 is 5.97 Å². The third kappa shape index (κ3) is 3.02. The van der Waals surface area contributed by atoms with Gasteiger partial charge in [-0.15, -0.1) is 0 Å². The summed E-state index contributed by atoms with van der Waals surface area (Å²) in [5.74, 6) is -0.527. The van der Waals surface area contributed by atoms with E-state index in [0.29, 0.717) is 42.1 Å². The molecule has 1 unspecified atom stereocenters. The molecule has 0 saturated carbocycles. The zero-order valence-corrected chi connectivity index (χ0v) is 11.3. The highest BCUT2D eigenvalue weighted by Gasteiger charge is 2.20. The van der Waals surface area contributed by atoms with Gasteiger partial charge in [-0.05, 0) is 19.8 Å². The number of fused-ring (bicyclic) bond motifs is 1. The van der Waals surface area contributed by atoms with Crippen molar-refractivity contribution < 1.29 is 19.2 Å². The number of carboxylic acids is 1. The van der Waals surface area contributed by atoms with Gasteiger partial charge in [-0.25, -0.2) is 9.78 Å². The number of anilines is 1. The van der Waals surface area contributed by atoms with E-state index in [1.54, 1.807) is 14.0 Å². The number of rotatable bonds is 7. The Balaban J connectivity index is 2.20. The van der Waals surface area contributed by atoms with Crippen molar-refractivity contribution in [3.63, 3.8) is 0 Å². The average molecular weight is 280 g/mol. The second-order valence-electron chi connectivity index (χ2n) is 4.34. The van der Waals surface area contributed by atoms with E-state index >= 15 is 0 Å². The van der Waals surface area contributed by atoms with Crippen LogP contribution in [0.25, 0.3) is 11.1 Å². The van der Waals surface area contributed by atoms with Crippen molar-refractivity contribution in [1.82, 2.24) is 15.1 Å². The van der Waals surface area contributed by atoms with E-state index in [1.807, 2.05) is 0 Å². The van der Waals surface area contributed by atoms with Crippen molar-refractivity contribution >= 4 is 22.9 Å². The first-order valence-electron chi connectivity index (χ1n) is 6.18. The molecule has 2 aromatic rings. The highest BCUT2D eigenvalue weighted by Crippen LogP contribution is 2.23. The quantitative estimate of drug-likeness (QED) is 0.728. The molecule has 2 aromatic heterocycles. The normalized spacial score (nSPS) is 12.5. The Bertz CT molecular complexity index is 598. The molecule has 8 nitrogen and oxygen atoms in total. The van der Waals surface area contributed by atoms with Crippen molar-refractivity contribution in [3.8, 4) is 0 Å². The number of carboxylic acid groups (broad SMARTS) is 1. The number of aromatic nitrogens is 3. The molecule has 0 aliphatic heterocycles. The van der Waals surface area contributed by atoms with E-state index in [1.165, 1.54) is 6.33 Å². The van der Waals surface area contributed by atoms with Gasteiger partial charge in [-0.1, -0.05) is 5.16 Å². The van der Waals surface area contributed by atoms with E-state index in [0.717, 1.165) is 0 Å². The maximum atomic E-state index is 11.3. The van der Waals surface area contributed by atoms with Gasteiger partial charge in [-0.2, -0.15) is 4.98 Å². The predicted molar refractivity (Wildman–Crippen MR) is 70.5 cm³/mol. The molecule has 0 aliphatic rings. The number of carbonyl (C=O) groups is 1. The summed E-state index contributed by atoms with van der Waals surface area (Å²) < 4.78 is 9.95. The highest BCUT2D eigenvalue weighted by molar-refractivity contribution is 5.89. The van der Waals surface area contributed by atoms with Gasteiger partial charge in [0.05, 0.1) is 5.69 Å². The van der Waals surface area contributed by atoms with Crippen molar-refractivity contribution in [3.05, 3.63) is 12.0 Å². The third-order valence-corrected chi connectivity index (χ3v) is 2.89. The maximum Gasteiger partial charge on any atom is 0.326 e.